The van der Waals surface area contributed by atoms with Crippen molar-refractivity contribution in [2.45, 2.75) is 20.5 Å². The summed E-state index contributed by atoms with van der Waals surface area (Å²) in [4.78, 5) is 18.3. The number of rotatable bonds is 7. The quantitative estimate of drug-likeness (QED) is 0.536. The Hall–Kier alpha value is -2.38. The van der Waals surface area contributed by atoms with Gasteiger partial charge in [-0.25, -0.2) is 9.78 Å². The molecule has 0 aliphatic heterocycles. The molecule has 0 unspecified atom stereocenters. The van der Waals surface area contributed by atoms with Crippen LogP contribution in [-0.4, -0.2) is 24.7 Å². The molecule has 1 aromatic carbocycles. The Morgan fingerprint density at radius 2 is 2.04 bits per heavy atom. The minimum atomic E-state index is -0.319. The number of hydrogen-bond donors (Lipinski definition) is 0. The highest BCUT2D eigenvalue weighted by Gasteiger charge is 2.13. The van der Waals surface area contributed by atoms with Crippen LogP contribution >= 0.6 is 22.7 Å². The molecule has 2 aromatic heterocycles. The Labute approximate surface area is 160 Å². The summed E-state index contributed by atoms with van der Waals surface area (Å²) in [6, 6.07) is 9.39. The Balaban J connectivity index is 1.68. The highest BCUT2D eigenvalue weighted by atomic mass is 32.1. The van der Waals surface area contributed by atoms with Crippen LogP contribution < -0.4 is 9.47 Å². The van der Waals surface area contributed by atoms with Gasteiger partial charge in [0.05, 0.1) is 19.4 Å². The Morgan fingerprint density at radius 3 is 2.73 bits per heavy atom. The molecule has 3 rings (SSSR count). The molecular formula is C19H19NO4S2. The zero-order valence-corrected chi connectivity index (χ0v) is 16.4. The minimum absolute atomic E-state index is 0.153. The van der Waals surface area contributed by atoms with Crippen LogP contribution in [0, 0.1) is 6.92 Å². The van der Waals surface area contributed by atoms with E-state index < -0.39 is 0 Å². The predicted octanol–water partition coefficient (Wildman–Crippen LogP) is 4.94. The fraction of sp³-hybridized carbons (Fsp3) is 0.263. The van der Waals surface area contributed by atoms with E-state index in [1.54, 1.807) is 13.2 Å². The molecule has 2 heterocycles. The van der Waals surface area contributed by atoms with Crippen molar-refractivity contribution in [1.29, 1.82) is 0 Å². The number of nitrogens with zero attached hydrogens (tertiary/aromatic N) is 1. The smallest absolute Gasteiger partial charge is 0.348 e. The van der Waals surface area contributed by atoms with Gasteiger partial charge in [0.25, 0.3) is 0 Å². The maximum absolute atomic E-state index is 12.0. The largest absolute Gasteiger partial charge is 0.493 e. The molecule has 5 nitrogen and oxygen atoms in total. The summed E-state index contributed by atoms with van der Waals surface area (Å²) in [7, 11) is 1.61. The first-order chi connectivity index (χ1) is 12.6. The molecule has 0 spiro atoms. The van der Waals surface area contributed by atoms with Gasteiger partial charge in [0, 0.05) is 15.8 Å². The molecule has 0 saturated heterocycles. The average molecular weight is 389 g/mol. The molecule has 0 aliphatic carbocycles. The van der Waals surface area contributed by atoms with Gasteiger partial charge in [0.15, 0.2) is 11.5 Å². The predicted molar refractivity (Wildman–Crippen MR) is 103 cm³/mol. The zero-order chi connectivity index (χ0) is 18.5. The first-order valence-electron chi connectivity index (χ1n) is 8.10. The molecule has 0 fully saturated rings. The van der Waals surface area contributed by atoms with Crippen LogP contribution in [0.1, 0.15) is 27.2 Å². The summed E-state index contributed by atoms with van der Waals surface area (Å²) < 4.78 is 16.3. The third kappa shape index (κ3) is 4.23. The summed E-state index contributed by atoms with van der Waals surface area (Å²) in [6.07, 6.45) is 0. The lowest BCUT2D eigenvalue weighted by Gasteiger charge is -2.09. The molecule has 0 atom stereocenters. The fourth-order valence-corrected chi connectivity index (χ4v) is 3.90. The van der Waals surface area contributed by atoms with Crippen LogP contribution in [0.25, 0.3) is 10.6 Å². The minimum Gasteiger partial charge on any atom is -0.493 e. The van der Waals surface area contributed by atoms with Gasteiger partial charge in [0.1, 0.15) is 16.5 Å². The standard InChI is InChI=1S/C19H19NO4S2/c1-4-23-15-7-6-13(9-16(15)22-3)18-20-14(11-25-18)10-24-19(21)17-8-5-12(2)26-17/h5-9,11H,4,10H2,1-3H3. The maximum atomic E-state index is 12.0. The van der Waals surface area contributed by atoms with E-state index >= 15 is 0 Å². The van der Waals surface area contributed by atoms with Crippen molar-refractivity contribution < 1.29 is 19.0 Å². The normalized spacial score (nSPS) is 10.6. The van der Waals surface area contributed by atoms with Crippen molar-refractivity contribution in [3.63, 3.8) is 0 Å². The number of carbonyl (C=O) groups excluding carboxylic acids is 1. The lowest BCUT2D eigenvalue weighted by molar-refractivity contribution is 0.0474. The van der Waals surface area contributed by atoms with E-state index in [0.717, 1.165) is 21.1 Å². The second-order valence-electron chi connectivity index (χ2n) is 5.43. The van der Waals surface area contributed by atoms with Gasteiger partial charge in [-0.05, 0) is 44.2 Å². The number of carbonyl (C=O) groups is 1. The van der Waals surface area contributed by atoms with Crippen molar-refractivity contribution in [3.8, 4) is 22.1 Å². The highest BCUT2D eigenvalue weighted by molar-refractivity contribution is 7.14. The van der Waals surface area contributed by atoms with Gasteiger partial charge >= 0.3 is 5.97 Å². The van der Waals surface area contributed by atoms with Gasteiger partial charge < -0.3 is 14.2 Å². The Bertz CT molecular complexity index is 901. The van der Waals surface area contributed by atoms with Crippen molar-refractivity contribution in [3.05, 3.63) is 51.2 Å². The van der Waals surface area contributed by atoms with Gasteiger partial charge in [-0.2, -0.15) is 0 Å². The maximum Gasteiger partial charge on any atom is 0.348 e. The number of esters is 1. The average Bonchev–Trinajstić information content (AvgIpc) is 3.29. The van der Waals surface area contributed by atoms with Crippen LogP contribution in [0.3, 0.4) is 0 Å². The van der Waals surface area contributed by atoms with E-state index in [-0.39, 0.29) is 12.6 Å². The topological polar surface area (TPSA) is 57.7 Å². The van der Waals surface area contributed by atoms with E-state index in [0.29, 0.717) is 23.0 Å². The lowest BCUT2D eigenvalue weighted by Crippen LogP contribution is -2.03. The number of methoxy groups -OCH3 is 1. The number of ether oxygens (including phenoxy) is 3. The van der Waals surface area contributed by atoms with E-state index in [9.17, 15) is 4.79 Å². The molecule has 0 bridgehead atoms. The number of hydrogen-bond acceptors (Lipinski definition) is 7. The number of thiazole rings is 1. The molecule has 0 N–H and O–H groups in total. The first kappa shape index (κ1) is 18.4. The second-order valence-corrected chi connectivity index (χ2v) is 7.58. The van der Waals surface area contributed by atoms with Crippen molar-refractivity contribution in [2.75, 3.05) is 13.7 Å². The van der Waals surface area contributed by atoms with Crippen LogP contribution in [0.15, 0.2) is 35.7 Å². The molecule has 3 aromatic rings. The summed E-state index contributed by atoms with van der Waals surface area (Å²) in [5, 5.41) is 2.73. The van der Waals surface area contributed by atoms with Gasteiger partial charge in [0.2, 0.25) is 0 Å². The molecular weight excluding hydrogens is 370 g/mol. The Kier molecular flexibility index (Phi) is 5.90. The van der Waals surface area contributed by atoms with E-state index in [4.69, 9.17) is 14.2 Å². The number of benzene rings is 1. The lowest BCUT2D eigenvalue weighted by atomic mass is 10.2. The molecule has 0 amide bonds. The fourth-order valence-electron chi connectivity index (χ4n) is 2.34. The molecule has 0 saturated carbocycles. The third-order valence-electron chi connectivity index (χ3n) is 3.55. The van der Waals surface area contributed by atoms with Gasteiger partial charge in [-0.15, -0.1) is 22.7 Å². The summed E-state index contributed by atoms with van der Waals surface area (Å²) in [5.41, 5.74) is 1.65. The third-order valence-corrected chi connectivity index (χ3v) is 5.48. The molecule has 7 heteroatoms. The van der Waals surface area contributed by atoms with E-state index in [1.165, 1.54) is 22.7 Å². The van der Waals surface area contributed by atoms with Crippen LogP contribution in [0.2, 0.25) is 0 Å². The Morgan fingerprint density at radius 1 is 1.19 bits per heavy atom. The van der Waals surface area contributed by atoms with Gasteiger partial charge in [-0.1, -0.05) is 0 Å². The van der Waals surface area contributed by atoms with Crippen LogP contribution in [0.4, 0.5) is 0 Å². The number of aryl methyl sites for hydroxylation is 1. The van der Waals surface area contributed by atoms with Crippen molar-refractivity contribution >= 4 is 28.6 Å². The zero-order valence-electron chi connectivity index (χ0n) is 14.8. The van der Waals surface area contributed by atoms with Crippen molar-refractivity contribution in [2.24, 2.45) is 0 Å². The molecule has 0 aliphatic rings. The molecule has 26 heavy (non-hydrogen) atoms. The van der Waals surface area contributed by atoms with Crippen LogP contribution in [0.5, 0.6) is 11.5 Å². The molecule has 0 radical (unpaired) electrons. The van der Waals surface area contributed by atoms with Gasteiger partial charge in [-0.3, -0.25) is 0 Å². The number of thiophene rings is 1. The summed E-state index contributed by atoms with van der Waals surface area (Å²) in [5.74, 6) is 1.05. The van der Waals surface area contributed by atoms with Crippen molar-refractivity contribution in [1.82, 2.24) is 4.98 Å². The number of aromatic nitrogens is 1. The first-order valence-corrected chi connectivity index (χ1v) is 9.79. The molecule has 136 valence electrons. The van der Waals surface area contributed by atoms with E-state index in [2.05, 4.69) is 4.98 Å². The second kappa shape index (κ2) is 8.33. The summed E-state index contributed by atoms with van der Waals surface area (Å²) in [6.45, 7) is 4.62. The monoisotopic (exact) mass is 389 g/mol. The highest BCUT2D eigenvalue weighted by Crippen LogP contribution is 2.34. The van der Waals surface area contributed by atoms with E-state index in [1.807, 2.05) is 43.5 Å². The summed E-state index contributed by atoms with van der Waals surface area (Å²) >= 11 is 2.92. The SMILES string of the molecule is CCOc1ccc(-c2nc(COC(=O)c3ccc(C)s3)cs2)cc1OC. The van der Waals surface area contributed by atoms with Crippen LogP contribution in [-0.2, 0) is 11.3 Å².